The van der Waals surface area contributed by atoms with E-state index in [0.29, 0.717) is 11.6 Å². The van der Waals surface area contributed by atoms with E-state index in [1.54, 1.807) is 12.3 Å². The number of hydrazine groups is 1. The van der Waals surface area contributed by atoms with Crippen LogP contribution in [0.2, 0.25) is 0 Å². The summed E-state index contributed by atoms with van der Waals surface area (Å²) in [5.41, 5.74) is 3.54. The first kappa shape index (κ1) is 11.0. The molecule has 0 bridgehead atoms. The normalized spacial score (nSPS) is 15.2. The Balaban J connectivity index is 1.98. The smallest absolute Gasteiger partial charge is 0.266 e. The molecule has 0 aliphatic heterocycles. The maximum atomic E-state index is 11.2. The van der Waals surface area contributed by atoms with Crippen molar-refractivity contribution in [2.75, 3.05) is 7.05 Å². The quantitative estimate of drug-likeness (QED) is 0.434. The third-order valence-electron chi connectivity index (χ3n) is 2.80. The van der Waals surface area contributed by atoms with Crippen LogP contribution >= 0.6 is 0 Å². The van der Waals surface area contributed by atoms with Crippen molar-refractivity contribution >= 4 is 5.91 Å². The Morgan fingerprint density at radius 1 is 1.62 bits per heavy atom. The zero-order valence-corrected chi connectivity index (χ0v) is 9.31. The molecule has 0 aromatic carbocycles. The molecule has 3 N–H and O–H groups in total. The first-order valence-electron chi connectivity index (χ1n) is 5.37. The van der Waals surface area contributed by atoms with E-state index < -0.39 is 0 Å². The van der Waals surface area contributed by atoms with E-state index in [9.17, 15) is 4.79 Å². The highest BCUT2D eigenvalue weighted by Crippen LogP contribution is 2.26. The summed E-state index contributed by atoms with van der Waals surface area (Å²) in [6.45, 7) is 0.829. The van der Waals surface area contributed by atoms with E-state index in [2.05, 4.69) is 22.4 Å². The molecule has 5 heteroatoms. The zero-order chi connectivity index (χ0) is 11.5. The summed E-state index contributed by atoms with van der Waals surface area (Å²) < 4.78 is 0. The van der Waals surface area contributed by atoms with Crippen molar-refractivity contribution < 1.29 is 4.79 Å². The lowest BCUT2D eigenvalue weighted by molar-refractivity contribution is 0.0953. The lowest BCUT2D eigenvalue weighted by Gasteiger charge is -2.14. The van der Waals surface area contributed by atoms with Gasteiger partial charge in [0.1, 0.15) is 0 Å². The lowest BCUT2D eigenvalue weighted by Crippen LogP contribution is -2.30. The van der Waals surface area contributed by atoms with Crippen molar-refractivity contribution in [2.24, 2.45) is 5.84 Å². The number of nitrogens with two attached hydrogens (primary N) is 1. The van der Waals surface area contributed by atoms with Crippen LogP contribution < -0.4 is 11.3 Å². The molecule has 16 heavy (non-hydrogen) atoms. The minimum absolute atomic E-state index is 0.311. The molecule has 0 saturated heterocycles. The Labute approximate surface area is 94.6 Å². The van der Waals surface area contributed by atoms with Gasteiger partial charge in [-0.1, -0.05) is 0 Å². The molecule has 1 aromatic rings. The fourth-order valence-corrected chi connectivity index (χ4v) is 1.64. The second-order valence-electron chi connectivity index (χ2n) is 4.16. The Hall–Kier alpha value is -1.46. The Kier molecular flexibility index (Phi) is 3.17. The third-order valence-corrected chi connectivity index (χ3v) is 2.80. The van der Waals surface area contributed by atoms with E-state index in [1.807, 2.05) is 6.07 Å². The highest BCUT2D eigenvalue weighted by molar-refractivity contribution is 5.93. The molecule has 1 amide bonds. The van der Waals surface area contributed by atoms with Crippen LogP contribution in [-0.2, 0) is 6.54 Å². The van der Waals surface area contributed by atoms with Crippen molar-refractivity contribution in [2.45, 2.75) is 25.4 Å². The van der Waals surface area contributed by atoms with Crippen LogP contribution in [0.1, 0.15) is 28.9 Å². The number of aromatic nitrogens is 1. The van der Waals surface area contributed by atoms with Gasteiger partial charge in [0.2, 0.25) is 0 Å². The Bertz CT molecular complexity index is 372. The van der Waals surface area contributed by atoms with Gasteiger partial charge in [-0.05, 0) is 32.0 Å². The molecule has 0 atom stereocenters. The molecule has 0 spiro atoms. The summed E-state index contributed by atoms with van der Waals surface area (Å²) in [6, 6.07) is 4.32. The fraction of sp³-hybridized carbons (Fsp3) is 0.455. The van der Waals surface area contributed by atoms with E-state index in [4.69, 9.17) is 5.84 Å². The zero-order valence-electron chi connectivity index (χ0n) is 9.31. The van der Waals surface area contributed by atoms with Gasteiger partial charge in [0.25, 0.3) is 5.91 Å². The van der Waals surface area contributed by atoms with Gasteiger partial charge in [-0.25, -0.2) is 5.84 Å². The highest BCUT2D eigenvalue weighted by atomic mass is 16.2. The summed E-state index contributed by atoms with van der Waals surface area (Å²) in [5, 5.41) is 0. The van der Waals surface area contributed by atoms with Gasteiger partial charge in [-0.15, -0.1) is 0 Å². The Morgan fingerprint density at radius 2 is 2.38 bits per heavy atom. The molecule has 0 radical (unpaired) electrons. The molecule has 1 saturated carbocycles. The minimum atomic E-state index is -0.311. The number of pyridine rings is 1. The molecule has 1 aliphatic rings. The van der Waals surface area contributed by atoms with Crippen molar-refractivity contribution in [1.29, 1.82) is 0 Å². The van der Waals surface area contributed by atoms with Crippen molar-refractivity contribution in [3.8, 4) is 0 Å². The SMILES string of the molecule is CN(Cc1ccc(C(=O)NN)cn1)C1CC1. The summed E-state index contributed by atoms with van der Waals surface area (Å²) in [7, 11) is 2.10. The largest absolute Gasteiger partial charge is 0.298 e. The van der Waals surface area contributed by atoms with Crippen LogP contribution in [0.25, 0.3) is 0 Å². The second kappa shape index (κ2) is 4.59. The summed E-state index contributed by atoms with van der Waals surface area (Å²) in [4.78, 5) is 17.7. The first-order chi connectivity index (χ1) is 7.70. The third kappa shape index (κ3) is 2.56. The summed E-state index contributed by atoms with van der Waals surface area (Å²) in [6.07, 6.45) is 4.12. The predicted molar refractivity (Wildman–Crippen MR) is 60.4 cm³/mol. The number of hydrogen-bond donors (Lipinski definition) is 2. The molecule has 0 unspecified atom stereocenters. The average Bonchev–Trinajstić information content (AvgIpc) is 3.13. The highest BCUT2D eigenvalue weighted by Gasteiger charge is 2.26. The minimum Gasteiger partial charge on any atom is -0.298 e. The van der Waals surface area contributed by atoms with Gasteiger partial charge in [0, 0.05) is 18.8 Å². The maximum absolute atomic E-state index is 11.2. The summed E-state index contributed by atoms with van der Waals surface area (Å²) >= 11 is 0. The van der Waals surface area contributed by atoms with Crippen LogP contribution in [-0.4, -0.2) is 28.9 Å². The fourth-order valence-electron chi connectivity index (χ4n) is 1.64. The summed E-state index contributed by atoms with van der Waals surface area (Å²) in [5.74, 6) is 4.72. The average molecular weight is 220 g/mol. The maximum Gasteiger partial charge on any atom is 0.266 e. The van der Waals surface area contributed by atoms with Crippen molar-refractivity contribution in [3.05, 3.63) is 29.6 Å². The monoisotopic (exact) mass is 220 g/mol. The van der Waals surface area contributed by atoms with Crippen LogP contribution in [0.5, 0.6) is 0 Å². The van der Waals surface area contributed by atoms with Gasteiger partial charge in [-0.3, -0.25) is 20.1 Å². The van der Waals surface area contributed by atoms with Gasteiger partial charge >= 0.3 is 0 Å². The van der Waals surface area contributed by atoms with Crippen LogP contribution in [0.3, 0.4) is 0 Å². The molecule has 1 heterocycles. The number of nitrogen functional groups attached to an aromatic ring is 1. The van der Waals surface area contributed by atoms with Crippen LogP contribution in [0.15, 0.2) is 18.3 Å². The number of nitrogens with zero attached hydrogens (tertiary/aromatic N) is 2. The first-order valence-corrected chi connectivity index (χ1v) is 5.37. The second-order valence-corrected chi connectivity index (χ2v) is 4.16. The van der Waals surface area contributed by atoms with Gasteiger partial charge < -0.3 is 0 Å². The molecule has 86 valence electrons. The molecule has 2 rings (SSSR count). The number of carbonyl (C=O) groups excluding carboxylic acids is 1. The molecule has 1 fully saturated rings. The van der Waals surface area contributed by atoms with Crippen LogP contribution in [0, 0.1) is 0 Å². The van der Waals surface area contributed by atoms with E-state index >= 15 is 0 Å². The Morgan fingerprint density at radius 3 is 2.88 bits per heavy atom. The molecule has 5 nitrogen and oxygen atoms in total. The lowest BCUT2D eigenvalue weighted by atomic mass is 10.2. The van der Waals surface area contributed by atoms with Crippen molar-refractivity contribution in [3.63, 3.8) is 0 Å². The van der Waals surface area contributed by atoms with E-state index in [1.165, 1.54) is 12.8 Å². The molecule has 1 aliphatic carbocycles. The number of nitrogens with one attached hydrogen (secondary N) is 1. The standard InChI is InChI=1S/C11H16N4O/c1-15(10-4-5-10)7-9-3-2-8(6-13-9)11(16)14-12/h2-3,6,10H,4-5,7,12H2,1H3,(H,14,16). The van der Waals surface area contributed by atoms with Gasteiger partial charge in [-0.2, -0.15) is 0 Å². The van der Waals surface area contributed by atoms with Crippen LogP contribution in [0.4, 0.5) is 0 Å². The predicted octanol–water partition coefficient (Wildman–Crippen LogP) is 0.279. The number of amides is 1. The van der Waals surface area contributed by atoms with Gasteiger partial charge in [0.15, 0.2) is 0 Å². The number of carbonyl (C=O) groups is 1. The van der Waals surface area contributed by atoms with E-state index in [-0.39, 0.29) is 5.91 Å². The molecular weight excluding hydrogens is 204 g/mol. The van der Waals surface area contributed by atoms with Gasteiger partial charge in [0.05, 0.1) is 11.3 Å². The number of rotatable bonds is 4. The van der Waals surface area contributed by atoms with Crippen molar-refractivity contribution in [1.82, 2.24) is 15.3 Å². The van der Waals surface area contributed by atoms with E-state index in [0.717, 1.165) is 12.2 Å². The molecular formula is C11H16N4O. The topological polar surface area (TPSA) is 71.2 Å². The number of hydrogen-bond acceptors (Lipinski definition) is 4. The molecule has 1 aromatic heterocycles.